The molecule has 0 saturated heterocycles. The van der Waals surface area contributed by atoms with Crippen molar-refractivity contribution in [2.24, 2.45) is 0 Å². The summed E-state index contributed by atoms with van der Waals surface area (Å²) in [6.07, 6.45) is 0.434. The summed E-state index contributed by atoms with van der Waals surface area (Å²) < 4.78 is 0.884. The van der Waals surface area contributed by atoms with Gasteiger partial charge in [-0.2, -0.15) is 0 Å². The molecule has 0 aliphatic rings. The van der Waals surface area contributed by atoms with Crippen molar-refractivity contribution >= 4 is 49.2 Å². The van der Waals surface area contributed by atoms with Gasteiger partial charge in [-0.05, 0) is 17.7 Å². The van der Waals surface area contributed by atoms with E-state index in [2.05, 4.69) is 31.9 Å². The molecule has 1 rings (SSSR count). The van der Waals surface area contributed by atoms with E-state index >= 15 is 0 Å². The van der Waals surface area contributed by atoms with E-state index in [0.717, 1.165) is 10.0 Å². The molecule has 0 unspecified atom stereocenters. The number of Topliss-reactive ketones (excluding diaryl/α,β-unsaturated/α-hetero) is 1. The van der Waals surface area contributed by atoms with Crippen LogP contribution in [0.3, 0.4) is 0 Å². The number of hydrogen-bond donors (Lipinski definition) is 0. The molecule has 0 atom stereocenters. The lowest BCUT2D eigenvalue weighted by atomic mass is 10.1. The van der Waals surface area contributed by atoms with Gasteiger partial charge in [0.25, 0.3) is 0 Å². The highest BCUT2D eigenvalue weighted by molar-refractivity contribution is 9.10. The fourth-order valence-electron chi connectivity index (χ4n) is 0.925. The van der Waals surface area contributed by atoms with Gasteiger partial charge in [-0.1, -0.05) is 49.5 Å². The van der Waals surface area contributed by atoms with E-state index in [0.29, 0.717) is 16.8 Å². The first-order valence-corrected chi connectivity index (χ1v) is 5.94. The van der Waals surface area contributed by atoms with Crippen LogP contribution in [-0.2, 0) is 11.2 Å². The third-order valence-electron chi connectivity index (χ3n) is 1.55. The summed E-state index contributed by atoms with van der Waals surface area (Å²) in [5.74, 6) is 0.156. The summed E-state index contributed by atoms with van der Waals surface area (Å²) in [5.41, 5.74) is 0.967. The van der Waals surface area contributed by atoms with Crippen molar-refractivity contribution in [1.82, 2.24) is 0 Å². The Kier molecular flexibility index (Phi) is 4.42. The fraction of sp³-hybridized carbons (Fsp3) is 0.222. The van der Waals surface area contributed by atoms with E-state index in [4.69, 9.17) is 11.6 Å². The molecule has 0 saturated carbocycles. The van der Waals surface area contributed by atoms with Gasteiger partial charge in [0.2, 0.25) is 0 Å². The lowest BCUT2D eigenvalue weighted by Gasteiger charge is -2.02. The van der Waals surface area contributed by atoms with E-state index < -0.39 is 0 Å². The second-order valence-corrected chi connectivity index (χ2v) is 4.44. The van der Waals surface area contributed by atoms with Crippen molar-refractivity contribution in [2.75, 3.05) is 5.33 Å². The van der Waals surface area contributed by atoms with Crippen LogP contribution in [-0.4, -0.2) is 11.1 Å². The molecule has 0 aliphatic heterocycles. The zero-order chi connectivity index (χ0) is 9.84. The van der Waals surface area contributed by atoms with Gasteiger partial charge in [-0.25, -0.2) is 0 Å². The maximum Gasteiger partial charge on any atom is 0.147 e. The van der Waals surface area contributed by atoms with E-state index in [1.807, 2.05) is 6.07 Å². The van der Waals surface area contributed by atoms with E-state index in [-0.39, 0.29) is 5.78 Å². The van der Waals surface area contributed by atoms with Gasteiger partial charge >= 0.3 is 0 Å². The topological polar surface area (TPSA) is 17.1 Å². The zero-order valence-corrected chi connectivity index (χ0v) is 10.6. The highest BCUT2D eigenvalue weighted by atomic mass is 79.9. The molecular formula is C9H7Br2ClO. The van der Waals surface area contributed by atoms with Crippen LogP contribution in [0, 0.1) is 0 Å². The number of carbonyl (C=O) groups excluding carboxylic acids is 1. The van der Waals surface area contributed by atoms with Crippen LogP contribution in [0.4, 0.5) is 0 Å². The van der Waals surface area contributed by atoms with Gasteiger partial charge in [0.05, 0.1) is 5.33 Å². The lowest BCUT2D eigenvalue weighted by molar-refractivity contribution is -0.115. The van der Waals surface area contributed by atoms with Gasteiger partial charge in [-0.3, -0.25) is 4.79 Å². The number of alkyl halides is 1. The summed E-state index contributed by atoms with van der Waals surface area (Å²) in [5, 5.41) is 1.06. The maximum absolute atomic E-state index is 11.1. The van der Waals surface area contributed by atoms with Crippen LogP contribution in [0.5, 0.6) is 0 Å². The van der Waals surface area contributed by atoms with Crippen molar-refractivity contribution in [2.45, 2.75) is 6.42 Å². The molecule has 1 nitrogen and oxygen atoms in total. The van der Waals surface area contributed by atoms with Crippen LogP contribution in [0.25, 0.3) is 0 Å². The average Bonchev–Trinajstić information content (AvgIpc) is 2.09. The molecule has 1 aromatic rings. The Balaban J connectivity index is 2.83. The number of ketones is 1. The summed E-state index contributed by atoms with van der Waals surface area (Å²) in [6.45, 7) is 0. The molecule has 70 valence electrons. The number of halogens is 3. The Labute approximate surface area is 98.7 Å². The molecule has 13 heavy (non-hydrogen) atoms. The van der Waals surface area contributed by atoms with Crippen molar-refractivity contribution in [3.63, 3.8) is 0 Å². The molecule has 0 bridgehead atoms. The summed E-state index contributed by atoms with van der Waals surface area (Å²) in [7, 11) is 0. The average molecular weight is 326 g/mol. The third kappa shape index (κ3) is 3.41. The first-order valence-electron chi connectivity index (χ1n) is 3.65. The quantitative estimate of drug-likeness (QED) is 0.776. The molecular weight excluding hydrogens is 319 g/mol. The highest BCUT2D eigenvalue weighted by Gasteiger charge is 2.05. The first kappa shape index (κ1) is 11.2. The van der Waals surface area contributed by atoms with Crippen LogP contribution in [0.15, 0.2) is 22.7 Å². The van der Waals surface area contributed by atoms with Crippen molar-refractivity contribution in [3.8, 4) is 0 Å². The largest absolute Gasteiger partial charge is 0.298 e. The summed E-state index contributed by atoms with van der Waals surface area (Å²) >= 11 is 12.2. The molecule has 0 heterocycles. The fourth-order valence-corrected chi connectivity index (χ4v) is 1.95. The predicted molar refractivity (Wildman–Crippen MR) is 61.7 cm³/mol. The smallest absolute Gasteiger partial charge is 0.147 e. The Morgan fingerprint density at radius 3 is 2.69 bits per heavy atom. The number of rotatable bonds is 3. The standard InChI is InChI=1S/C9H7Br2ClO/c10-5-8(13)3-6-1-2-7(12)4-9(6)11/h1-2,4H,3,5H2. The third-order valence-corrected chi connectivity index (χ3v) is 3.15. The summed E-state index contributed by atoms with van der Waals surface area (Å²) in [6, 6.07) is 5.43. The molecule has 0 aliphatic carbocycles. The van der Waals surface area contributed by atoms with E-state index in [1.165, 1.54) is 0 Å². The van der Waals surface area contributed by atoms with Gasteiger partial charge in [0.1, 0.15) is 5.78 Å². The second kappa shape index (κ2) is 5.13. The van der Waals surface area contributed by atoms with Crippen molar-refractivity contribution in [3.05, 3.63) is 33.3 Å². The van der Waals surface area contributed by atoms with Crippen LogP contribution < -0.4 is 0 Å². The summed E-state index contributed by atoms with van der Waals surface area (Å²) in [4.78, 5) is 11.1. The van der Waals surface area contributed by atoms with Gasteiger partial charge in [0, 0.05) is 15.9 Å². The minimum atomic E-state index is 0.156. The molecule has 0 aromatic heterocycles. The van der Waals surface area contributed by atoms with Crippen LogP contribution in [0.2, 0.25) is 5.02 Å². The van der Waals surface area contributed by atoms with Crippen LogP contribution in [0.1, 0.15) is 5.56 Å². The minimum absolute atomic E-state index is 0.156. The van der Waals surface area contributed by atoms with Crippen molar-refractivity contribution in [1.29, 1.82) is 0 Å². The zero-order valence-electron chi connectivity index (χ0n) is 6.69. The minimum Gasteiger partial charge on any atom is -0.298 e. The molecule has 0 radical (unpaired) electrons. The highest BCUT2D eigenvalue weighted by Crippen LogP contribution is 2.22. The number of carbonyl (C=O) groups is 1. The second-order valence-electron chi connectivity index (χ2n) is 2.58. The van der Waals surface area contributed by atoms with Crippen LogP contribution >= 0.6 is 43.5 Å². The predicted octanol–water partition coefficient (Wildman–Crippen LogP) is 3.61. The Bertz CT molecular complexity index is 325. The normalized spacial score (nSPS) is 10.1. The molecule has 0 amide bonds. The molecule has 0 spiro atoms. The SMILES string of the molecule is O=C(CBr)Cc1ccc(Cl)cc1Br. The molecule has 0 N–H and O–H groups in total. The lowest BCUT2D eigenvalue weighted by Crippen LogP contribution is -2.03. The van der Waals surface area contributed by atoms with Crippen molar-refractivity contribution < 1.29 is 4.79 Å². The maximum atomic E-state index is 11.1. The molecule has 4 heteroatoms. The number of benzene rings is 1. The molecule has 0 fully saturated rings. The van der Waals surface area contributed by atoms with E-state index in [9.17, 15) is 4.79 Å². The van der Waals surface area contributed by atoms with Gasteiger partial charge in [0.15, 0.2) is 0 Å². The monoisotopic (exact) mass is 324 g/mol. The van der Waals surface area contributed by atoms with E-state index in [1.54, 1.807) is 12.1 Å². The number of hydrogen-bond acceptors (Lipinski definition) is 1. The molecule has 1 aromatic carbocycles. The first-order chi connectivity index (χ1) is 6.13. The van der Waals surface area contributed by atoms with Gasteiger partial charge < -0.3 is 0 Å². The Morgan fingerprint density at radius 2 is 2.15 bits per heavy atom. The Hall–Kier alpha value is 0.140. The Morgan fingerprint density at radius 1 is 1.46 bits per heavy atom. The van der Waals surface area contributed by atoms with Gasteiger partial charge in [-0.15, -0.1) is 0 Å².